The Balaban J connectivity index is 1.37. The van der Waals surface area contributed by atoms with Crippen molar-refractivity contribution in [2.45, 2.75) is 24.2 Å². The summed E-state index contributed by atoms with van der Waals surface area (Å²) in [6, 6.07) is 10.7. The van der Waals surface area contributed by atoms with Gasteiger partial charge in [-0.15, -0.1) is 10.2 Å². The predicted molar refractivity (Wildman–Crippen MR) is 103 cm³/mol. The lowest BCUT2D eigenvalue weighted by molar-refractivity contribution is 0.189. The summed E-state index contributed by atoms with van der Waals surface area (Å²) in [5, 5.41) is 11.7. The van der Waals surface area contributed by atoms with Crippen LogP contribution in [-0.4, -0.2) is 69.1 Å². The molecule has 1 aromatic carbocycles. The van der Waals surface area contributed by atoms with E-state index in [0.29, 0.717) is 6.54 Å². The number of aromatic nitrogens is 3. The van der Waals surface area contributed by atoms with Crippen LogP contribution in [0.15, 0.2) is 41.8 Å². The van der Waals surface area contributed by atoms with E-state index >= 15 is 0 Å². The Hall–Kier alpha value is -2.06. The van der Waals surface area contributed by atoms with Gasteiger partial charge in [-0.25, -0.2) is 4.79 Å². The van der Waals surface area contributed by atoms with Gasteiger partial charge in [-0.1, -0.05) is 42.1 Å². The van der Waals surface area contributed by atoms with Gasteiger partial charge < -0.3 is 14.8 Å². The topological polar surface area (TPSA) is 66.3 Å². The lowest BCUT2D eigenvalue weighted by Crippen LogP contribution is -2.45. The Bertz CT molecular complexity index is 707. The fourth-order valence-electron chi connectivity index (χ4n) is 3.11. The Morgan fingerprint density at radius 2 is 2.19 bits per heavy atom. The van der Waals surface area contributed by atoms with Gasteiger partial charge in [0.05, 0.1) is 0 Å². The molecule has 3 rings (SSSR count). The maximum atomic E-state index is 12.4. The van der Waals surface area contributed by atoms with Crippen molar-refractivity contribution in [2.75, 3.05) is 32.4 Å². The fraction of sp³-hybridized carbons (Fsp3) is 0.500. The molecule has 1 aromatic heterocycles. The molecule has 8 heteroatoms. The van der Waals surface area contributed by atoms with Gasteiger partial charge in [0, 0.05) is 52.1 Å². The number of carbonyl (C=O) groups is 1. The first-order chi connectivity index (χ1) is 12.6. The second-order valence-electron chi connectivity index (χ2n) is 6.58. The van der Waals surface area contributed by atoms with Crippen molar-refractivity contribution in [1.29, 1.82) is 0 Å². The monoisotopic (exact) mass is 374 g/mol. The zero-order valence-electron chi connectivity index (χ0n) is 15.3. The Kier molecular flexibility index (Phi) is 6.51. The van der Waals surface area contributed by atoms with Gasteiger partial charge in [-0.05, 0) is 12.0 Å². The molecule has 0 aliphatic carbocycles. The van der Waals surface area contributed by atoms with E-state index in [1.54, 1.807) is 18.1 Å². The number of aryl methyl sites for hydroxylation is 1. The molecule has 140 valence electrons. The van der Waals surface area contributed by atoms with Crippen molar-refractivity contribution in [1.82, 2.24) is 29.9 Å². The van der Waals surface area contributed by atoms with Crippen molar-refractivity contribution < 1.29 is 4.79 Å². The minimum absolute atomic E-state index is 0.00451. The van der Waals surface area contributed by atoms with Crippen LogP contribution in [0.1, 0.15) is 12.0 Å². The number of nitrogens with one attached hydrogen (secondary N) is 1. The fourth-order valence-corrected chi connectivity index (χ4v) is 3.85. The summed E-state index contributed by atoms with van der Waals surface area (Å²) in [7, 11) is 3.80. The van der Waals surface area contributed by atoms with Crippen LogP contribution in [0, 0.1) is 0 Å². The van der Waals surface area contributed by atoms with Crippen LogP contribution in [0.25, 0.3) is 0 Å². The zero-order chi connectivity index (χ0) is 18.4. The van der Waals surface area contributed by atoms with Crippen molar-refractivity contribution >= 4 is 17.8 Å². The maximum absolute atomic E-state index is 12.4. The van der Waals surface area contributed by atoms with Crippen molar-refractivity contribution in [2.24, 2.45) is 7.05 Å². The molecule has 2 amide bonds. The SMILES string of the molecule is CN(C(=O)NCCSc1nncn1C)[C@@H]1CCN(Cc2ccccc2)C1. The molecule has 0 bridgehead atoms. The van der Waals surface area contributed by atoms with Crippen molar-refractivity contribution in [3.8, 4) is 0 Å². The molecular weight excluding hydrogens is 348 g/mol. The third-order valence-corrected chi connectivity index (χ3v) is 5.68. The van der Waals surface area contributed by atoms with E-state index in [4.69, 9.17) is 0 Å². The van der Waals surface area contributed by atoms with E-state index in [-0.39, 0.29) is 12.1 Å². The number of amides is 2. The van der Waals surface area contributed by atoms with Crippen LogP contribution >= 0.6 is 11.8 Å². The Morgan fingerprint density at radius 3 is 2.92 bits per heavy atom. The molecule has 1 N–H and O–H groups in total. The Morgan fingerprint density at radius 1 is 1.38 bits per heavy atom. The highest BCUT2D eigenvalue weighted by Crippen LogP contribution is 2.17. The number of carbonyl (C=O) groups excluding carboxylic acids is 1. The number of hydrogen-bond donors (Lipinski definition) is 1. The molecule has 1 aliphatic rings. The first kappa shape index (κ1) is 18.7. The van der Waals surface area contributed by atoms with E-state index < -0.39 is 0 Å². The summed E-state index contributed by atoms with van der Waals surface area (Å²) in [4.78, 5) is 16.6. The van der Waals surface area contributed by atoms with Crippen LogP contribution in [0.3, 0.4) is 0 Å². The lowest BCUT2D eigenvalue weighted by Gasteiger charge is -2.25. The summed E-state index contributed by atoms with van der Waals surface area (Å²) in [6.07, 6.45) is 2.69. The van der Waals surface area contributed by atoms with Gasteiger partial charge in [0.2, 0.25) is 0 Å². The van der Waals surface area contributed by atoms with E-state index in [1.165, 1.54) is 5.56 Å². The first-order valence-electron chi connectivity index (χ1n) is 8.87. The summed E-state index contributed by atoms with van der Waals surface area (Å²) >= 11 is 1.59. The van der Waals surface area contributed by atoms with Gasteiger partial charge in [0.25, 0.3) is 0 Å². The quantitative estimate of drug-likeness (QED) is 0.592. The highest BCUT2D eigenvalue weighted by Gasteiger charge is 2.28. The van der Waals surface area contributed by atoms with Gasteiger partial charge >= 0.3 is 6.03 Å². The van der Waals surface area contributed by atoms with Crippen LogP contribution in [0.5, 0.6) is 0 Å². The minimum Gasteiger partial charge on any atom is -0.337 e. The summed E-state index contributed by atoms with van der Waals surface area (Å²) in [6.45, 7) is 3.51. The largest absolute Gasteiger partial charge is 0.337 e. The maximum Gasteiger partial charge on any atom is 0.317 e. The normalized spacial score (nSPS) is 17.4. The lowest BCUT2D eigenvalue weighted by atomic mass is 10.2. The van der Waals surface area contributed by atoms with E-state index in [9.17, 15) is 4.79 Å². The number of benzene rings is 1. The second-order valence-corrected chi connectivity index (χ2v) is 7.64. The van der Waals surface area contributed by atoms with E-state index in [0.717, 1.165) is 37.0 Å². The molecule has 1 fully saturated rings. The van der Waals surface area contributed by atoms with Gasteiger partial charge in [0.1, 0.15) is 6.33 Å². The standard InChI is InChI=1S/C18H26N6OS/c1-22-14-20-21-18(22)26-11-9-19-17(25)23(2)16-8-10-24(13-16)12-15-6-4-3-5-7-15/h3-7,14,16H,8-13H2,1-2H3,(H,19,25)/t16-/m1/s1. The molecule has 2 aromatic rings. The third-order valence-electron chi connectivity index (χ3n) is 4.64. The molecule has 1 saturated heterocycles. The molecule has 1 aliphatic heterocycles. The van der Waals surface area contributed by atoms with Gasteiger partial charge in [-0.3, -0.25) is 4.90 Å². The van der Waals surface area contributed by atoms with Crippen LogP contribution in [-0.2, 0) is 13.6 Å². The number of likely N-dealkylation sites (N-methyl/N-ethyl adjacent to an activating group) is 1. The van der Waals surface area contributed by atoms with Gasteiger partial charge in [-0.2, -0.15) is 0 Å². The number of urea groups is 1. The second kappa shape index (κ2) is 9.05. The molecule has 0 radical (unpaired) electrons. The smallest absolute Gasteiger partial charge is 0.317 e. The number of rotatable bonds is 7. The van der Waals surface area contributed by atoms with E-state index in [1.807, 2.05) is 29.6 Å². The summed E-state index contributed by atoms with van der Waals surface area (Å²) < 4.78 is 1.87. The highest BCUT2D eigenvalue weighted by molar-refractivity contribution is 7.99. The molecule has 0 unspecified atom stereocenters. The molecule has 1 atom stereocenters. The van der Waals surface area contributed by atoms with Crippen LogP contribution in [0.4, 0.5) is 4.79 Å². The zero-order valence-corrected chi connectivity index (χ0v) is 16.2. The number of likely N-dealkylation sites (tertiary alicyclic amines) is 1. The summed E-state index contributed by atoms with van der Waals surface area (Å²) in [5.74, 6) is 0.775. The average Bonchev–Trinajstić information content (AvgIpc) is 3.28. The number of thioether (sulfide) groups is 1. The predicted octanol–water partition coefficient (Wildman–Crippen LogP) is 1.82. The van der Waals surface area contributed by atoms with Gasteiger partial charge in [0.15, 0.2) is 5.16 Å². The molecular formula is C18H26N6OS. The first-order valence-corrected chi connectivity index (χ1v) is 9.86. The Labute approximate surface area is 158 Å². The van der Waals surface area contributed by atoms with Crippen LogP contribution < -0.4 is 5.32 Å². The van der Waals surface area contributed by atoms with Crippen molar-refractivity contribution in [3.63, 3.8) is 0 Å². The molecule has 0 spiro atoms. The number of hydrogen-bond acceptors (Lipinski definition) is 5. The minimum atomic E-state index is -0.00451. The average molecular weight is 375 g/mol. The molecule has 0 saturated carbocycles. The van der Waals surface area contributed by atoms with E-state index in [2.05, 4.69) is 44.7 Å². The third kappa shape index (κ3) is 4.98. The van der Waals surface area contributed by atoms with Crippen LogP contribution in [0.2, 0.25) is 0 Å². The molecule has 7 nitrogen and oxygen atoms in total. The van der Waals surface area contributed by atoms with Crippen molar-refractivity contribution in [3.05, 3.63) is 42.2 Å². The summed E-state index contributed by atoms with van der Waals surface area (Å²) in [5.41, 5.74) is 1.32. The highest BCUT2D eigenvalue weighted by atomic mass is 32.2. The molecule has 2 heterocycles. The molecule has 26 heavy (non-hydrogen) atoms. The number of nitrogens with zero attached hydrogens (tertiary/aromatic N) is 5.